The fourth-order valence-electron chi connectivity index (χ4n) is 2.25. The summed E-state index contributed by atoms with van der Waals surface area (Å²) in [4.78, 5) is 15.3. The first-order valence-corrected chi connectivity index (χ1v) is 10.2. The third kappa shape index (κ3) is 3.29. The SMILES string of the molecule is C[Se]c1c(Br)c(-c2cn(CCC(=O)O)nn2)nc2ccccc12. The Balaban J connectivity index is 2.06. The first-order valence-electron chi connectivity index (χ1n) is 6.84. The number of halogens is 1. The number of aliphatic carboxylic acids is 1. The molecule has 8 heteroatoms. The predicted octanol–water partition coefficient (Wildman–Crippen LogP) is 2.11. The van der Waals surface area contributed by atoms with Crippen molar-refractivity contribution in [3.8, 4) is 11.4 Å². The standard InChI is InChI=1S/C15H13BrN4O2Se/c1-23-15-9-4-2-3-5-10(9)17-14(13(15)16)11-8-20(19-18-11)7-6-12(21)22/h2-5,8H,6-7H2,1H3,(H,21,22). The van der Waals surface area contributed by atoms with Crippen molar-refractivity contribution in [1.29, 1.82) is 0 Å². The van der Waals surface area contributed by atoms with Gasteiger partial charge in [-0.1, -0.05) is 0 Å². The van der Waals surface area contributed by atoms with Crippen molar-refractivity contribution in [2.75, 3.05) is 0 Å². The summed E-state index contributed by atoms with van der Waals surface area (Å²) in [6.45, 7) is 0.290. The van der Waals surface area contributed by atoms with E-state index in [-0.39, 0.29) is 27.9 Å². The van der Waals surface area contributed by atoms with E-state index in [0.717, 1.165) is 21.1 Å². The number of benzene rings is 1. The molecule has 0 fully saturated rings. The van der Waals surface area contributed by atoms with Crippen LogP contribution in [0.2, 0.25) is 5.82 Å². The van der Waals surface area contributed by atoms with Crippen LogP contribution in [0.1, 0.15) is 6.42 Å². The van der Waals surface area contributed by atoms with Gasteiger partial charge in [0.2, 0.25) is 0 Å². The third-order valence-electron chi connectivity index (χ3n) is 3.33. The van der Waals surface area contributed by atoms with Gasteiger partial charge in [-0.25, -0.2) is 0 Å². The van der Waals surface area contributed by atoms with Crippen LogP contribution in [-0.2, 0) is 11.3 Å². The molecule has 1 N–H and O–H groups in total. The zero-order chi connectivity index (χ0) is 16.4. The molecule has 0 saturated carbocycles. The molecule has 2 aromatic heterocycles. The van der Waals surface area contributed by atoms with Gasteiger partial charge < -0.3 is 0 Å². The first-order chi connectivity index (χ1) is 11.1. The van der Waals surface area contributed by atoms with Crippen LogP contribution in [0.5, 0.6) is 0 Å². The molecule has 118 valence electrons. The third-order valence-corrected chi connectivity index (χ3v) is 6.44. The monoisotopic (exact) mass is 440 g/mol. The number of hydrogen-bond acceptors (Lipinski definition) is 4. The molecule has 0 aliphatic heterocycles. The molecule has 0 radical (unpaired) electrons. The molecule has 0 aliphatic carbocycles. The van der Waals surface area contributed by atoms with Gasteiger partial charge in [-0.05, 0) is 0 Å². The Kier molecular flexibility index (Phi) is 4.75. The minimum absolute atomic E-state index is 0.0123. The van der Waals surface area contributed by atoms with E-state index in [1.165, 1.54) is 9.14 Å². The molecule has 23 heavy (non-hydrogen) atoms. The van der Waals surface area contributed by atoms with Gasteiger partial charge in [0.05, 0.1) is 0 Å². The number of hydrogen-bond donors (Lipinski definition) is 1. The maximum absolute atomic E-state index is 10.7. The average Bonchev–Trinajstić information content (AvgIpc) is 3.01. The summed E-state index contributed by atoms with van der Waals surface area (Å²) in [7, 11) is 0. The Labute approximate surface area is 147 Å². The van der Waals surface area contributed by atoms with Crippen LogP contribution >= 0.6 is 15.9 Å². The molecule has 0 aliphatic rings. The second-order valence-electron chi connectivity index (χ2n) is 4.84. The number of fused-ring (bicyclic) bond motifs is 1. The quantitative estimate of drug-likeness (QED) is 0.615. The number of nitrogens with zero attached hydrogens (tertiary/aromatic N) is 4. The summed E-state index contributed by atoms with van der Waals surface area (Å²) in [5, 5.41) is 18.0. The van der Waals surface area contributed by atoms with Crippen LogP contribution in [0.3, 0.4) is 0 Å². The minimum atomic E-state index is -0.858. The van der Waals surface area contributed by atoms with Crippen molar-refractivity contribution < 1.29 is 9.90 Å². The van der Waals surface area contributed by atoms with Crippen LogP contribution in [0.25, 0.3) is 22.3 Å². The van der Waals surface area contributed by atoms with Gasteiger partial charge in [0.25, 0.3) is 0 Å². The first kappa shape index (κ1) is 16.1. The number of para-hydroxylation sites is 1. The Morgan fingerprint density at radius 2 is 2.17 bits per heavy atom. The Hall–Kier alpha value is -1.76. The van der Waals surface area contributed by atoms with Crippen molar-refractivity contribution >= 4 is 52.2 Å². The van der Waals surface area contributed by atoms with E-state index in [1.54, 1.807) is 6.20 Å². The topological polar surface area (TPSA) is 80.9 Å². The molecule has 3 aromatic rings. The van der Waals surface area contributed by atoms with Gasteiger partial charge in [0, 0.05) is 0 Å². The van der Waals surface area contributed by atoms with Crippen LogP contribution < -0.4 is 4.46 Å². The molecule has 6 nitrogen and oxygen atoms in total. The fraction of sp³-hybridized carbons (Fsp3) is 0.200. The van der Waals surface area contributed by atoms with Crippen LogP contribution in [0, 0.1) is 0 Å². The Bertz CT molecular complexity index is 881. The van der Waals surface area contributed by atoms with Crippen molar-refractivity contribution in [2.45, 2.75) is 18.8 Å². The molecule has 0 saturated heterocycles. The van der Waals surface area contributed by atoms with E-state index in [4.69, 9.17) is 10.1 Å². The van der Waals surface area contributed by atoms with E-state index in [0.29, 0.717) is 5.69 Å². The number of carbonyl (C=O) groups is 1. The summed E-state index contributed by atoms with van der Waals surface area (Å²) in [5.74, 6) is 1.30. The van der Waals surface area contributed by atoms with Crippen molar-refractivity contribution in [1.82, 2.24) is 20.0 Å². The fourth-order valence-corrected chi connectivity index (χ4v) is 5.00. The van der Waals surface area contributed by atoms with Crippen LogP contribution in [0.4, 0.5) is 0 Å². The zero-order valence-corrected chi connectivity index (χ0v) is 15.5. The molecule has 0 atom stereocenters. The summed E-state index contributed by atoms with van der Waals surface area (Å²) in [6.07, 6.45) is 1.75. The molecule has 0 amide bonds. The second kappa shape index (κ2) is 6.78. The number of pyridine rings is 1. The van der Waals surface area contributed by atoms with E-state index in [2.05, 4.69) is 38.1 Å². The van der Waals surface area contributed by atoms with E-state index in [1.807, 2.05) is 18.2 Å². The van der Waals surface area contributed by atoms with E-state index >= 15 is 0 Å². The summed E-state index contributed by atoms with van der Waals surface area (Å²) >= 11 is 3.94. The average molecular weight is 440 g/mol. The summed E-state index contributed by atoms with van der Waals surface area (Å²) < 4.78 is 3.70. The van der Waals surface area contributed by atoms with E-state index < -0.39 is 5.97 Å². The molecule has 2 heterocycles. The van der Waals surface area contributed by atoms with Gasteiger partial charge in [0.1, 0.15) is 0 Å². The van der Waals surface area contributed by atoms with Gasteiger partial charge in [-0.2, -0.15) is 0 Å². The second-order valence-corrected chi connectivity index (χ2v) is 7.34. The molecule has 0 spiro atoms. The predicted molar refractivity (Wildman–Crippen MR) is 92.0 cm³/mol. The normalized spacial score (nSPS) is 11.0. The molecule has 3 rings (SSSR count). The summed E-state index contributed by atoms with van der Waals surface area (Å²) in [6, 6.07) is 8.02. The maximum atomic E-state index is 10.7. The molecular weight excluding hydrogens is 427 g/mol. The number of rotatable bonds is 5. The number of carboxylic acid groups (broad SMARTS) is 1. The van der Waals surface area contributed by atoms with Crippen molar-refractivity contribution in [3.05, 3.63) is 34.9 Å². The summed E-state index contributed by atoms with van der Waals surface area (Å²) in [5.41, 5.74) is 2.30. The van der Waals surface area contributed by atoms with Crippen LogP contribution in [-0.4, -0.2) is 46.0 Å². The number of aryl methyl sites for hydroxylation is 1. The zero-order valence-electron chi connectivity index (χ0n) is 12.2. The molecule has 1 aromatic carbocycles. The molecule has 0 unspecified atom stereocenters. The van der Waals surface area contributed by atoms with Crippen molar-refractivity contribution in [2.24, 2.45) is 0 Å². The van der Waals surface area contributed by atoms with E-state index in [9.17, 15) is 4.79 Å². The Morgan fingerprint density at radius 1 is 1.39 bits per heavy atom. The number of aromatic nitrogens is 4. The van der Waals surface area contributed by atoms with Gasteiger partial charge in [-0.3, -0.25) is 0 Å². The molecular formula is C15H13BrN4O2Se. The number of carboxylic acids is 1. The van der Waals surface area contributed by atoms with Crippen molar-refractivity contribution in [3.63, 3.8) is 0 Å². The van der Waals surface area contributed by atoms with Gasteiger partial charge in [-0.15, -0.1) is 0 Å². The van der Waals surface area contributed by atoms with Gasteiger partial charge in [0.15, 0.2) is 0 Å². The van der Waals surface area contributed by atoms with Gasteiger partial charge >= 0.3 is 147 Å². The Morgan fingerprint density at radius 3 is 2.91 bits per heavy atom. The van der Waals surface area contributed by atoms with Crippen LogP contribution in [0.15, 0.2) is 34.9 Å². The molecule has 0 bridgehead atoms.